The number of hydrogen-bond acceptors (Lipinski definition) is 3. The van der Waals surface area contributed by atoms with Crippen LogP contribution >= 0.6 is 12.4 Å². The average molecular weight is 407 g/mol. The number of carbonyl (C=O) groups is 1. The molecule has 1 aromatic heterocycles. The zero-order valence-electron chi connectivity index (χ0n) is 16.1. The van der Waals surface area contributed by atoms with Gasteiger partial charge in [0.15, 0.2) is 0 Å². The van der Waals surface area contributed by atoms with E-state index in [4.69, 9.17) is 5.26 Å². The van der Waals surface area contributed by atoms with Crippen LogP contribution in [-0.2, 0) is 17.8 Å². The van der Waals surface area contributed by atoms with E-state index in [0.717, 1.165) is 49.3 Å². The molecule has 1 amide bonds. The van der Waals surface area contributed by atoms with Crippen molar-refractivity contribution < 1.29 is 4.79 Å². The van der Waals surface area contributed by atoms with Gasteiger partial charge < -0.3 is 9.47 Å². The van der Waals surface area contributed by atoms with Gasteiger partial charge in [0.05, 0.1) is 18.0 Å². The third-order valence-corrected chi connectivity index (χ3v) is 5.37. The topological polar surface area (TPSA) is 61.9 Å². The molecule has 0 saturated carbocycles. The molecule has 1 aliphatic rings. The molecule has 1 aliphatic heterocycles. The fourth-order valence-electron chi connectivity index (χ4n) is 3.77. The predicted octanol–water partition coefficient (Wildman–Crippen LogP) is 4.21. The van der Waals surface area contributed by atoms with E-state index in [1.807, 2.05) is 72.0 Å². The molecule has 2 heterocycles. The summed E-state index contributed by atoms with van der Waals surface area (Å²) in [5, 5.41) is 8.92. The monoisotopic (exact) mass is 406 g/mol. The first-order chi connectivity index (χ1) is 13.7. The smallest absolute Gasteiger partial charge is 0.230 e. The maximum absolute atomic E-state index is 12.8. The van der Waals surface area contributed by atoms with Crippen molar-refractivity contribution in [2.45, 2.75) is 25.8 Å². The van der Waals surface area contributed by atoms with Gasteiger partial charge in [0.1, 0.15) is 0 Å². The molecular formula is C23H23ClN4O. The van der Waals surface area contributed by atoms with Crippen molar-refractivity contribution in [1.82, 2.24) is 9.55 Å². The second-order valence-corrected chi connectivity index (χ2v) is 7.16. The van der Waals surface area contributed by atoms with Crippen molar-refractivity contribution in [1.29, 1.82) is 5.26 Å². The fraction of sp³-hybridized carbons (Fsp3) is 0.261. The van der Waals surface area contributed by atoms with E-state index in [0.29, 0.717) is 5.56 Å². The minimum absolute atomic E-state index is 0. The van der Waals surface area contributed by atoms with Crippen molar-refractivity contribution in [2.24, 2.45) is 5.92 Å². The quantitative estimate of drug-likeness (QED) is 0.616. The molecule has 4 rings (SSSR count). The highest BCUT2D eigenvalue weighted by molar-refractivity contribution is 5.97. The van der Waals surface area contributed by atoms with E-state index >= 15 is 0 Å². The predicted molar refractivity (Wildman–Crippen MR) is 115 cm³/mol. The summed E-state index contributed by atoms with van der Waals surface area (Å²) in [6.07, 6.45) is 6.20. The largest absolute Gasteiger partial charge is 0.334 e. The van der Waals surface area contributed by atoms with E-state index in [2.05, 4.69) is 15.6 Å². The van der Waals surface area contributed by atoms with Gasteiger partial charge in [-0.25, -0.2) is 4.98 Å². The van der Waals surface area contributed by atoms with E-state index < -0.39 is 0 Å². The van der Waals surface area contributed by atoms with Gasteiger partial charge in [-0.1, -0.05) is 30.3 Å². The second-order valence-electron chi connectivity index (χ2n) is 7.16. The molecule has 148 valence electrons. The Kier molecular flexibility index (Phi) is 6.69. The first-order valence-corrected chi connectivity index (χ1v) is 9.59. The van der Waals surface area contributed by atoms with Gasteiger partial charge in [-0.05, 0) is 42.7 Å². The van der Waals surface area contributed by atoms with E-state index in [-0.39, 0.29) is 24.2 Å². The van der Waals surface area contributed by atoms with Gasteiger partial charge in [-0.15, -0.1) is 12.4 Å². The Balaban J connectivity index is 0.00000240. The lowest BCUT2D eigenvalue weighted by atomic mass is 10.0. The van der Waals surface area contributed by atoms with Crippen LogP contribution in [0.5, 0.6) is 0 Å². The summed E-state index contributed by atoms with van der Waals surface area (Å²) >= 11 is 0. The summed E-state index contributed by atoms with van der Waals surface area (Å²) < 4.78 is 2.14. The summed E-state index contributed by atoms with van der Waals surface area (Å²) in [6.45, 7) is 1.57. The molecule has 2 aromatic carbocycles. The molecule has 3 aromatic rings. The van der Waals surface area contributed by atoms with Crippen LogP contribution in [0.15, 0.2) is 67.1 Å². The van der Waals surface area contributed by atoms with Crippen LogP contribution in [0, 0.1) is 17.2 Å². The molecular weight excluding hydrogens is 384 g/mol. The summed E-state index contributed by atoms with van der Waals surface area (Å²) in [6, 6.07) is 19.7. The molecule has 1 unspecified atom stereocenters. The van der Waals surface area contributed by atoms with Crippen LogP contribution in [0.25, 0.3) is 0 Å². The van der Waals surface area contributed by atoms with Crippen molar-refractivity contribution in [3.63, 3.8) is 0 Å². The highest BCUT2D eigenvalue weighted by Crippen LogP contribution is 2.27. The number of para-hydroxylation sites is 1. The second kappa shape index (κ2) is 9.40. The number of halogens is 1. The molecule has 1 atom stereocenters. The molecule has 1 fully saturated rings. The molecule has 0 radical (unpaired) electrons. The van der Waals surface area contributed by atoms with Crippen molar-refractivity contribution >= 4 is 24.0 Å². The Morgan fingerprint density at radius 3 is 2.59 bits per heavy atom. The lowest BCUT2D eigenvalue weighted by Crippen LogP contribution is -2.27. The highest BCUT2D eigenvalue weighted by Gasteiger charge is 2.32. The normalized spacial score (nSPS) is 15.8. The van der Waals surface area contributed by atoms with Gasteiger partial charge in [0.2, 0.25) is 5.91 Å². The number of carbonyl (C=O) groups excluding carboxylic acids is 1. The minimum Gasteiger partial charge on any atom is -0.334 e. The number of anilines is 1. The Morgan fingerprint density at radius 1 is 1.10 bits per heavy atom. The van der Waals surface area contributed by atoms with Crippen LogP contribution in [0.1, 0.15) is 29.7 Å². The molecule has 5 nitrogen and oxygen atoms in total. The number of rotatable bonds is 6. The maximum Gasteiger partial charge on any atom is 0.230 e. The number of hydrogen-bond donors (Lipinski definition) is 0. The van der Waals surface area contributed by atoms with E-state index in [1.54, 1.807) is 0 Å². The molecule has 0 bridgehead atoms. The van der Waals surface area contributed by atoms with Crippen molar-refractivity contribution in [3.05, 3.63) is 83.9 Å². The Hall–Kier alpha value is -3.10. The number of amides is 1. The van der Waals surface area contributed by atoms with Crippen LogP contribution in [0.4, 0.5) is 5.69 Å². The maximum atomic E-state index is 12.8. The lowest BCUT2D eigenvalue weighted by molar-refractivity contribution is -0.120. The Morgan fingerprint density at radius 2 is 1.86 bits per heavy atom. The number of nitrogens with zero attached hydrogens (tertiary/aromatic N) is 4. The SMILES string of the molecule is Cl.N#Cc1ccc(Cc2cncn2CCC2CCN(c3ccccc3)C2=O)cc1. The van der Waals surface area contributed by atoms with Crippen LogP contribution in [0.3, 0.4) is 0 Å². The molecule has 1 saturated heterocycles. The molecule has 0 aliphatic carbocycles. The average Bonchev–Trinajstić information content (AvgIpc) is 3.33. The fourth-order valence-corrected chi connectivity index (χ4v) is 3.77. The minimum atomic E-state index is 0. The Labute approximate surface area is 177 Å². The Bertz CT molecular complexity index is 992. The van der Waals surface area contributed by atoms with Gasteiger partial charge in [-0.2, -0.15) is 5.26 Å². The number of nitriles is 1. The number of aromatic nitrogens is 2. The van der Waals surface area contributed by atoms with Gasteiger partial charge in [0.25, 0.3) is 0 Å². The summed E-state index contributed by atoms with van der Waals surface area (Å²) in [5.74, 6) is 0.283. The highest BCUT2D eigenvalue weighted by atomic mass is 35.5. The van der Waals surface area contributed by atoms with Crippen molar-refractivity contribution in [3.8, 4) is 6.07 Å². The summed E-state index contributed by atoms with van der Waals surface area (Å²) in [7, 11) is 0. The van der Waals surface area contributed by atoms with Crippen LogP contribution in [0.2, 0.25) is 0 Å². The van der Waals surface area contributed by atoms with Crippen LogP contribution < -0.4 is 4.90 Å². The molecule has 0 spiro atoms. The zero-order valence-corrected chi connectivity index (χ0v) is 16.9. The first kappa shape index (κ1) is 20.6. The number of aryl methyl sites for hydroxylation is 1. The van der Waals surface area contributed by atoms with Gasteiger partial charge >= 0.3 is 0 Å². The van der Waals surface area contributed by atoms with Crippen LogP contribution in [-0.4, -0.2) is 22.0 Å². The molecule has 0 N–H and O–H groups in total. The van der Waals surface area contributed by atoms with Crippen molar-refractivity contribution in [2.75, 3.05) is 11.4 Å². The number of imidazole rings is 1. The molecule has 29 heavy (non-hydrogen) atoms. The number of benzene rings is 2. The van der Waals surface area contributed by atoms with E-state index in [9.17, 15) is 4.79 Å². The first-order valence-electron chi connectivity index (χ1n) is 9.59. The third kappa shape index (κ3) is 4.67. The standard InChI is InChI=1S/C23H22N4O.ClH/c24-15-19-8-6-18(7-9-19)14-22-16-25-17-26(22)12-10-20-11-13-27(23(20)28)21-4-2-1-3-5-21;/h1-9,16-17,20H,10-14H2;1H. The molecule has 6 heteroatoms. The van der Waals surface area contributed by atoms with Gasteiger partial charge in [0, 0.05) is 43.0 Å². The van der Waals surface area contributed by atoms with Gasteiger partial charge in [-0.3, -0.25) is 4.79 Å². The summed E-state index contributed by atoms with van der Waals surface area (Å²) in [4.78, 5) is 19.0. The summed E-state index contributed by atoms with van der Waals surface area (Å²) in [5.41, 5.74) is 3.92. The lowest BCUT2D eigenvalue weighted by Gasteiger charge is -2.17. The zero-order chi connectivity index (χ0) is 19.3. The van der Waals surface area contributed by atoms with E-state index in [1.165, 1.54) is 0 Å². The third-order valence-electron chi connectivity index (χ3n) is 5.37.